The van der Waals surface area contributed by atoms with E-state index >= 15 is 0 Å². The van der Waals surface area contributed by atoms with Crippen LogP contribution in [0.3, 0.4) is 0 Å². The molecule has 0 saturated carbocycles. The molecule has 0 radical (unpaired) electrons. The summed E-state index contributed by atoms with van der Waals surface area (Å²) in [6, 6.07) is 0. The number of hydrogen-bond donors (Lipinski definition) is 2. The summed E-state index contributed by atoms with van der Waals surface area (Å²) >= 11 is 1.69. The molecule has 0 atom stereocenters. The smallest absolute Gasteiger partial charge is 0.109 e. The average Bonchev–Trinajstić information content (AvgIpc) is 2.04. The van der Waals surface area contributed by atoms with Crippen LogP contribution in [0.1, 0.15) is 13.3 Å². The molecule has 60 valence electrons. The van der Waals surface area contributed by atoms with Crippen molar-refractivity contribution in [2.24, 2.45) is 4.99 Å². The summed E-state index contributed by atoms with van der Waals surface area (Å²) in [4.78, 5) is 5.78. The molecule has 2 aliphatic heterocycles. The van der Waals surface area contributed by atoms with Gasteiger partial charge in [0.15, 0.2) is 0 Å². The van der Waals surface area contributed by atoms with Crippen molar-refractivity contribution in [1.29, 1.82) is 0 Å². The fourth-order valence-corrected chi connectivity index (χ4v) is 1.98. The largest absolute Gasteiger partial charge is 0.314 e. The molecule has 0 bridgehead atoms. The number of amidine groups is 1. The van der Waals surface area contributed by atoms with Gasteiger partial charge in [0.1, 0.15) is 5.84 Å². The molecule has 0 fully saturated rings. The summed E-state index contributed by atoms with van der Waals surface area (Å²) < 4.78 is 3.15. The Morgan fingerprint density at radius 1 is 1.55 bits per heavy atom. The molecule has 4 heteroatoms. The first-order valence-corrected chi connectivity index (χ1v) is 4.59. The zero-order valence-electron chi connectivity index (χ0n) is 6.48. The molecule has 2 rings (SSSR count). The van der Waals surface area contributed by atoms with Gasteiger partial charge in [0.25, 0.3) is 0 Å². The monoisotopic (exact) mass is 169 g/mol. The number of aliphatic imine (C=N–C) groups is 1. The first-order valence-electron chi connectivity index (χ1n) is 3.77. The van der Waals surface area contributed by atoms with E-state index in [0.717, 1.165) is 25.3 Å². The fourth-order valence-electron chi connectivity index (χ4n) is 1.22. The molecule has 0 saturated heterocycles. The van der Waals surface area contributed by atoms with E-state index in [4.69, 9.17) is 0 Å². The highest BCUT2D eigenvalue weighted by Gasteiger charge is 2.15. The maximum absolute atomic E-state index is 4.43. The van der Waals surface area contributed by atoms with Crippen molar-refractivity contribution in [2.75, 3.05) is 13.1 Å². The third-order valence-electron chi connectivity index (χ3n) is 1.77. The molecule has 11 heavy (non-hydrogen) atoms. The SMILES string of the molecule is CC1=NC2=C(CNCC2)SN1. The molecule has 2 aliphatic rings. The summed E-state index contributed by atoms with van der Waals surface area (Å²) in [5.41, 5.74) is 1.27. The van der Waals surface area contributed by atoms with Gasteiger partial charge in [-0.25, -0.2) is 4.99 Å². The highest BCUT2D eigenvalue weighted by Crippen LogP contribution is 2.25. The van der Waals surface area contributed by atoms with Crippen LogP contribution < -0.4 is 10.0 Å². The van der Waals surface area contributed by atoms with Crippen molar-refractivity contribution < 1.29 is 0 Å². The number of rotatable bonds is 0. The van der Waals surface area contributed by atoms with E-state index in [-0.39, 0.29) is 0 Å². The summed E-state index contributed by atoms with van der Waals surface area (Å²) in [6.45, 7) is 4.04. The second-order valence-electron chi connectivity index (χ2n) is 2.70. The van der Waals surface area contributed by atoms with E-state index in [0.29, 0.717) is 0 Å². The van der Waals surface area contributed by atoms with Crippen molar-refractivity contribution >= 4 is 17.8 Å². The Bertz CT molecular complexity index is 232. The van der Waals surface area contributed by atoms with Crippen LogP contribution >= 0.6 is 11.9 Å². The lowest BCUT2D eigenvalue weighted by Gasteiger charge is -2.22. The van der Waals surface area contributed by atoms with E-state index < -0.39 is 0 Å². The predicted octanol–water partition coefficient (Wildman–Crippen LogP) is 0.861. The molecule has 0 unspecified atom stereocenters. The molecular weight excluding hydrogens is 158 g/mol. The van der Waals surface area contributed by atoms with Crippen molar-refractivity contribution in [3.05, 3.63) is 10.6 Å². The molecule has 3 nitrogen and oxygen atoms in total. The zero-order chi connectivity index (χ0) is 7.68. The number of nitrogens with one attached hydrogen (secondary N) is 2. The van der Waals surface area contributed by atoms with Crippen LogP contribution in [-0.4, -0.2) is 18.9 Å². The fraction of sp³-hybridized carbons (Fsp3) is 0.571. The van der Waals surface area contributed by atoms with E-state index in [9.17, 15) is 0 Å². The molecule has 2 heterocycles. The third-order valence-corrected chi connectivity index (χ3v) is 2.79. The number of nitrogens with zero attached hydrogens (tertiary/aromatic N) is 1. The molecule has 0 aliphatic carbocycles. The lowest BCUT2D eigenvalue weighted by Crippen LogP contribution is -2.28. The van der Waals surface area contributed by atoms with Gasteiger partial charge in [0, 0.05) is 24.4 Å². The Balaban J connectivity index is 2.25. The molecule has 2 N–H and O–H groups in total. The van der Waals surface area contributed by atoms with Gasteiger partial charge in [-0.1, -0.05) is 0 Å². The van der Waals surface area contributed by atoms with Crippen LogP contribution in [-0.2, 0) is 0 Å². The summed E-state index contributed by atoms with van der Waals surface area (Å²) in [7, 11) is 0. The van der Waals surface area contributed by atoms with Crippen molar-refractivity contribution in [3.8, 4) is 0 Å². The normalized spacial score (nSPS) is 23.9. The van der Waals surface area contributed by atoms with Crippen LogP contribution in [0, 0.1) is 0 Å². The van der Waals surface area contributed by atoms with Crippen molar-refractivity contribution in [3.63, 3.8) is 0 Å². The van der Waals surface area contributed by atoms with E-state index in [1.165, 1.54) is 10.6 Å². The van der Waals surface area contributed by atoms with Crippen LogP contribution in [0.15, 0.2) is 15.6 Å². The van der Waals surface area contributed by atoms with Gasteiger partial charge in [-0.05, 0) is 18.9 Å². The quantitative estimate of drug-likeness (QED) is 0.528. The molecule has 0 aromatic rings. The Morgan fingerprint density at radius 3 is 3.36 bits per heavy atom. The van der Waals surface area contributed by atoms with Crippen molar-refractivity contribution in [1.82, 2.24) is 10.0 Å². The van der Waals surface area contributed by atoms with E-state index in [1.807, 2.05) is 6.92 Å². The Morgan fingerprint density at radius 2 is 2.45 bits per heavy atom. The van der Waals surface area contributed by atoms with E-state index in [1.54, 1.807) is 11.9 Å². The number of hydrogen-bond acceptors (Lipinski definition) is 4. The van der Waals surface area contributed by atoms with Crippen LogP contribution in [0.5, 0.6) is 0 Å². The van der Waals surface area contributed by atoms with Gasteiger partial charge in [-0.3, -0.25) is 0 Å². The first-order chi connectivity index (χ1) is 5.36. The maximum atomic E-state index is 4.43. The van der Waals surface area contributed by atoms with Gasteiger partial charge in [0.05, 0.1) is 5.70 Å². The minimum Gasteiger partial charge on any atom is -0.314 e. The van der Waals surface area contributed by atoms with Crippen LogP contribution in [0.25, 0.3) is 0 Å². The minimum atomic E-state index is 0.976. The molecule has 0 amide bonds. The third kappa shape index (κ3) is 1.41. The molecular formula is C7H11N3S. The van der Waals surface area contributed by atoms with Gasteiger partial charge in [-0.15, -0.1) is 0 Å². The average molecular weight is 169 g/mol. The van der Waals surface area contributed by atoms with Crippen LogP contribution in [0.2, 0.25) is 0 Å². The lowest BCUT2D eigenvalue weighted by atomic mass is 10.2. The second-order valence-corrected chi connectivity index (χ2v) is 3.60. The highest BCUT2D eigenvalue weighted by atomic mass is 32.2. The Kier molecular flexibility index (Phi) is 1.87. The first kappa shape index (κ1) is 7.18. The van der Waals surface area contributed by atoms with Gasteiger partial charge in [0.2, 0.25) is 0 Å². The van der Waals surface area contributed by atoms with Gasteiger partial charge >= 0.3 is 0 Å². The minimum absolute atomic E-state index is 0.976. The zero-order valence-corrected chi connectivity index (χ0v) is 7.29. The topological polar surface area (TPSA) is 36.4 Å². The van der Waals surface area contributed by atoms with Crippen LogP contribution in [0.4, 0.5) is 0 Å². The summed E-state index contributed by atoms with van der Waals surface area (Å²) in [6.07, 6.45) is 1.07. The van der Waals surface area contributed by atoms with Gasteiger partial charge in [-0.2, -0.15) is 0 Å². The molecule has 0 spiro atoms. The summed E-state index contributed by atoms with van der Waals surface area (Å²) in [5.74, 6) is 1.02. The highest BCUT2D eigenvalue weighted by molar-refractivity contribution is 8.01. The molecule has 0 aromatic heterocycles. The molecule has 0 aromatic carbocycles. The maximum Gasteiger partial charge on any atom is 0.109 e. The predicted molar refractivity (Wildman–Crippen MR) is 48.3 cm³/mol. The van der Waals surface area contributed by atoms with E-state index in [2.05, 4.69) is 15.0 Å². The second kappa shape index (κ2) is 2.87. The standard InChI is InChI=1S/C7H11N3S/c1-5-9-6-2-3-8-4-7(6)11-10-5/h8H,2-4H2,1H3,(H,9,10). The van der Waals surface area contributed by atoms with Gasteiger partial charge < -0.3 is 10.0 Å². The lowest BCUT2D eigenvalue weighted by molar-refractivity contribution is 0.690. The Hall–Kier alpha value is -0.480. The Labute approximate surface area is 70.5 Å². The summed E-state index contributed by atoms with van der Waals surface area (Å²) in [5, 5.41) is 3.31. The van der Waals surface area contributed by atoms with Crippen molar-refractivity contribution in [2.45, 2.75) is 13.3 Å².